The van der Waals surface area contributed by atoms with Crippen molar-refractivity contribution in [3.8, 4) is 0 Å². The maximum atomic E-state index is 12.7. The third-order valence-corrected chi connectivity index (χ3v) is 3.83. The number of sulfonamides is 1. The molecule has 0 aliphatic heterocycles. The predicted octanol–water partition coefficient (Wildman–Crippen LogP) is 1.82. The number of nitrogens with one attached hydrogen (secondary N) is 1. The SMILES string of the molecule is Cn1cnc(S(=O)(=O)Nc2ccc(N)c(C(F)(F)F)c2)c1. The van der Waals surface area contributed by atoms with Crippen LogP contribution in [0.5, 0.6) is 0 Å². The molecule has 0 saturated heterocycles. The van der Waals surface area contributed by atoms with Gasteiger partial charge in [-0.3, -0.25) is 4.72 Å². The monoisotopic (exact) mass is 320 g/mol. The van der Waals surface area contributed by atoms with Gasteiger partial charge in [-0.1, -0.05) is 0 Å². The lowest BCUT2D eigenvalue weighted by atomic mass is 10.1. The van der Waals surface area contributed by atoms with Crippen molar-refractivity contribution < 1.29 is 21.6 Å². The zero-order valence-electron chi connectivity index (χ0n) is 10.7. The first-order valence-electron chi connectivity index (χ1n) is 5.57. The maximum Gasteiger partial charge on any atom is 0.418 e. The fraction of sp³-hybridized carbons (Fsp3) is 0.182. The van der Waals surface area contributed by atoms with Gasteiger partial charge in [-0.2, -0.15) is 21.6 Å². The Balaban J connectivity index is 2.36. The second kappa shape index (κ2) is 4.95. The smallest absolute Gasteiger partial charge is 0.398 e. The van der Waals surface area contributed by atoms with Crippen LogP contribution in [-0.4, -0.2) is 18.0 Å². The van der Waals surface area contributed by atoms with Crippen molar-refractivity contribution in [3.05, 3.63) is 36.3 Å². The fourth-order valence-corrected chi connectivity index (χ4v) is 2.63. The number of imidazole rings is 1. The zero-order chi connectivity index (χ0) is 15.8. The van der Waals surface area contributed by atoms with Crippen LogP contribution in [0.25, 0.3) is 0 Å². The van der Waals surface area contributed by atoms with E-state index in [0.29, 0.717) is 6.07 Å². The molecular formula is C11H11F3N4O2S. The summed E-state index contributed by atoms with van der Waals surface area (Å²) < 4.78 is 65.5. The summed E-state index contributed by atoms with van der Waals surface area (Å²) in [5, 5.41) is -0.296. The van der Waals surface area contributed by atoms with Crippen molar-refractivity contribution >= 4 is 21.4 Å². The quantitative estimate of drug-likeness (QED) is 0.844. The van der Waals surface area contributed by atoms with Gasteiger partial charge >= 0.3 is 6.18 Å². The van der Waals surface area contributed by atoms with Crippen LogP contribution in [0.15, 0.2) is 35.7 Å². The van der Waals surface area contributed by atoms with Crippen LogP contribution in [-0.2, 0) is 23.2 Å². The van der Waals surface area contributed by atoms with Crippen molar-refractivity contribution in [2.75, 3.05) is 10.5 Å². The molecule has 0 unspecified atom stereocenters. The number of benzene rings is 1. The van der Waals surface area contributed by atoms with Gasteiger partial charge in [-0.05, 0) is 18.2 Å². The van der Waals surface area contributed by atoms with Crippen LogP contribution in [0.4, 0.5) is 24.5 Å². The van der Waals surface area contributed by atoms with Gasteiger partial charge in [0.25, 0.3) is 10.0 Å². The van der Waals surface area contributed by atoms with Gasteiger partial charge in [0.05, 0.1) is 11.9 Å². The molecule has 6 nitrogen and oxygen atoms in total. The summed E-state index contributed by atoms with van der Waals surface area (Å²) in [6, 6.07) is 2.76. The number of aromatic nitrogens is 2. The van der Waals surface area contributed by atoms with E-state index < -0.39 is 27.5 Å². The van der Waals surface area contributed by atoms with Crippen molar-refractivity contribution in [3.63, 3.8) is 0 Å². The highest BCUT2D eigenvalue weighted by Gasteiger charge is 2.33. The summed E-state index contributed by atoms with van der Waals surface area (Å²) >= 11 is 0. The highest BCUT2D eigenvalue weighted by Crippen LogP contribution is 2.35. The molecule has 1 aromatic heterocycles. The Morgan fingerprint density at radius 1 is 1.33 bits per heavy atom. The van der Waals surface area contributed by atoms with E-state index >= 15 is 0 Å². The van der Waals surface area contributed by atoms with E-state index in [2.05, 4.69) is 4.98 Å². The number of alkyl halides is 3. The van der Waals surface area contributed by atoms with E-state index in [1.165, 1.54) is 17.1 Å². The standard InChI is InChI=1S/C11H11F3N4O2S/c1-18-5-10(16-6-18)21(19,20)17-7-2-3-9(15)8(4-7)11(12,13)14/h2-6,17H,15H2,1H3. The number of nitrogens with zero attached hydrogens (tertiary/aromatic N) is 2. The predicted molar refractivity (Wildman–Crippen MR) is 69.9 cm³/mol. The number of rotatable bonds is 3. The minimum atomic E-state index is -4.67. The van der Waals surface area contributed by atoms with E-state index in [1.807, 2.05) is 4.72 Å². The largest absolute Gasteiger partial charge is 0.418 e. The molecule has 0 saturated carbocycles. The molecule has 0 aliphatic rings. The van der Waals surface area contributed by atoms with E-state index in [0.717, 1.165) is 12.1 Å². The van der Waals surface area contributed by atoms with Crippen LogP contribution in [0.2, 0.25) is 0 Å². The molecule has 0 spiro atoms. The topological polar surface area (TPSA) is 90.0 Å². The van der Waals surface area contributed by atoms with E-state index in [4.69, 9.17) is 5.73 Å². The molecule has 1 aromatic carbocycles. The van der Waals surface area contributed by atoms with Crippen molar-refractivity contribution in [1.29, 1.82) is 0 Å². The Kier molecular flexibility index (Phi) is 3.58. The van der Waals surface area contributed by atoms with Gasteiger partial charge in [-0.25, -0.2) is 4.98 Å². The van der Waals surface area contributed by atoms with Crippen LogP contribution < -0.4 is 10.5 Å². The summed E-state index contributed by atoms with van der Waals surface area (Å²) in [5.41, 5.74) is 3.40. The molecule has 3 N–H and O–H groups in total. The zero-order valence-corrected chi connectivity index (χ0v) is 11.5. The van der Waals surface area contributed by atoms with Crippen LogP contribution >= 0.6 is 0 Å². The minimum Gasteiger partial charge on any atom is -0.398 e. The Morgan fingerprint density at radius 3 is 2.52 bits per heavy atom. The first-order valence-corrected chi connectivity index (χ1v) is 7.05. The molecule has 2 aromatic rings. The maximum absolute atomic E-state index is 12.7. The Hall–Kier alpha value is -2.23. The highest BCUT2D eigenvalue weighted by atomic mass is 32.2. The summed E-state index contributed by atoms with van der Waals surface area (Å²) in [7, 11) is -2.49. The van der Waals surface area contributed by atoms with Gasteiger partial charge in [0.15, 0.2) is 5.03 Å². The number of anilines is 2. The van der Waals surface area contributed by atoms with Crippen LogP contribution in [0, 0.1) is 0 Å². The average molecular weight is 320 g/mol. The van der Waals surface area contributed by atoms with Crippen molar-refractivity contribution in [2.45, 2.75) is 11.2 Å². The molecule has 2 rings (SSSR count). The minimum absolute atomic E-state index is 0.248. The molecule has 21 heavy (non-hydrogen) atoms. The van der Waals surface area contributed by atoms with Gasteiger partial charge in [-0.15, -0.1) is 0 Å². The molecular weight excluding hydrogens is 309 g/mol. The Bertz CT molecular complexity index is 768. The molecule has 114 valence electrons. The second-order valence-electron chi connectivity index (χ2n) is 4.28. The highest BCUT2D eigenvalue weighted by molar-refractivity contribution is 7.92. The van der Waals surface area contributed by atoms with E-state index in [1.54, 1.807) is 7.05 Å². The van der Waals surface area contributed by atoms with Crippen molar-refractivity contribution in [1.82, 2.24) is 9.55 Å². The number of hydrogen-bond donors (Lipinski definition) is 2. The number of nitrogen functional groups attached to an aromatic ring is 1. The lowest BCUT2D eigenvalue weighted by Gasteiger charge is -2.12. The first-order chi connectivity index (χ1) is 9.59. The van der Waals surface area contributed by atoms with Crippen LogP contribution in [0.3, 0.4) is 0 Å². The summed E-state index contributed by atoms with van der Waals surface area (Å²) in [5.74, 6) is 0. The van der Waals surface area contributed by atoms with Gasteiger partial charge < -0.3 is 10.3 Å². The Morgan fingerprint density at radius 2 is 2.00 bits per heavy atom. The first kappa shape index (κ1) is 15.2. The average Bonchev–Trinajstić information content (AvgIpc) is 2.77. The molecule has 10 heteroatoms. The van der Waals surface area contributed by atoms with Crippen LogP contribution in [0.1, 0.15) is 5.56 Å². The normalized spacial score (nSPS) is 12.4. The second-order valence-corrected chi connectivity index (χ2v) is 5.91. The third kappa shape index (κ3) is 3.27. The number of hydrogen-bond acceptors (Lipinski definition) is 4. The lowest BCUT2D eigenvalue weighted by Crippen LogP contribution is -2.15. The van der Waals surface area contributed by atoms with Crippen molar-refractivity contribution in [2.24, 2.45) is 7.05 Å². The summed E-state index contributed by atoms with van der Waals surface area (Å²) in [4.78, 5) is 3.64. The Labute approximate surface area is 118 Å². The molecule has 0 amide bonds. The fourth-order valence-electron chi connectivity index (χ4n) is 1.60. The van der Waals surface area contributed by atoms with E-state index in [-0.39, 0.29) is 10.7 Å². The van der Waals surface area contributed by atoms with E-state index in [9.17, 15) is 21.6 Å². The molecule has 0 radical (unpaired) electrons. The van der Waals surface area contributed by atoms with Gasteiger partial charge in [0.2, 0.25) is 0 Å². The summed E-state index contributed by atoms with van der Waals surface area (Å²) in [6.45, 7) is 0. The van der Waals surface area contributed by atoms with Gasteiger partial charge in [0.1, 0.15) is 0 Å². The number of nitrogens with two attached hydrogens (primary N) is 1. The molecule has 0 bridgehead atoms. The lowest BCUT2D eigenvalue weighted by molar-refractivity contribution is -0.136. The third-order valence-electron chi connectivity index (χ3n) is 2.57. The number of halogens is 3. The molecule has 0 aliphatic carbocycles. The number of aryl methyl sites for hydroxylation is 1. The van der Waals surface area contributed by atoms with Gasteiger partial charge in [0, 0.05) is 24.6 Å². The molecule has 1 heterocycles. The molecule has 0 fully saturated rings. The molecule has 0 atom stereocenters. The summed E-state index contributed by atoms with van der Waals surface area (Å²) in [6.07, 6.45) is -2.18.